The first-order valence-electron chi connectivity index (χ1n) is 12.5. The molecule has 3 aromatic carbocycles. The van der Waals surface area contributed by atoms with Gasteiger partial charge >= 0.3 is 0 Å². The molecule has 7 nitrogen and oxygen atoms in total. The number of likely N-dealkylation sites (N-methyl/N-ethyl adjacent to an activating group) is 1. The van der Waals surface area contributed by atoms with Crippen molar-refractivity contribution < 1.29 is 18.0 Å². The fraction of sp³-hybridized carbons (Fsp3) is 0.310. The van der Waals surface area contributed by atoms with Gasteiger partial charge in [-0.3, -0.25) is 13.9 Å². The molecule has 2 amide bonds. The first kappa shape index (κ1) is 30.5. The van der Waals surface area contributed by atoms with Gasteiger partial charge in [-0.25, -0.2) is 8.42 Å². The van der Waals surface area contributed by atoms with Crippen LogP contribution in [-0.2, 0) is 32.6 Å². The number of benzene rings is 3. The maximum Gasteiger partial charge on any atom is 0.242 e. The van der Waals surface area contributed by atoms with Crippen LogP contribution in [0.15, 0.2) is 72.8 Å². The average molecular weight is 591 g/mol. The molecule has 1 N–H and O–H groups in total. The third-order valence-electron chi connectivity index (χ3n) is 6.32. The van der Waals surface area contributed by atoms with Crippen molar-refractivity contribution in [3.05, 3.63) is 99.5 Å². The van der Waals surface area contributed by atoms with Crippen molar-refractivity contribution >= 4 is 50.7 Å². The number of amides is 2. The summed E-state index contributed by atoms with van der Waals surface area (Å²) < 4.78 is 26.3. The second kappa shape index (κ2) is 13.8. The van der Waals surface area contributed by atoms with Gasteiger partial charge in [-0.05, 0) is 42.7 Å². The Kier molecular flexibility index (Phi) is 10.8. The first-order valence-corrected chi connectivity index (χ1v) is 15.1. The van der Waals surface area contributed by atoms with Gasteiger partial charge in [0, 0.05) is 38.0 Å². The number of nitrogens with one attached hydrogen (secondary N) is 1. The highest BCUT2D eigenvalue weighted by Crippen LogP contribution is 2.31. The second-order valence-corrected chi connectivity index (χ2v) is 12.1. The predicted octanol–water partition coefficient (Wildman–Crippen LogP) is 5.23. The summed E-state index contributed by atoms with van der Waals surface area (Å²) in [6, 6.07) is 21.2. The Bertz CT molecular complexity index is 1380. The number of aryl methyl sites for hydroxylation is 1. The summed E-state index contributed by atoms with van der Waals surface area (Å²) in [5, 5.41) is 3.28. The Morgan fingerprint density at radius 3 is 2.23 bits per heavy atom. The molecule has 0 saturated carbocycles. The van der Waals surface area contributed by atoms with Gasteiger partial charge < -0.3 is 10.2 Å². The van der Waals surface area contributed by atoms with Gasteiger partial charge in [-0.2, -0.15) is 0 Å². The van der Waals surface area contributed by atoms with Crippen LogP contribution in [0, 0.1) is 6.92 Å². The van der Waals surface area contributed by atoms with E-state index in [0.29, 0.717) is 11.4 Å². The molecule has 1 atom stereocenters. The second-order valence-electron chi connectivity index (χ2n) is 9.36. The van der Waals surface area contributed by atoms with Crippen molar-refractivity contribution in [3.63, 3.8) is 0 Å². The van der Waals surface area contributed by atoms with E-state index in [9.17, 15) is 18.0 Å². The van der Waals surface area contributed by atoms with Gasteiger partial charge in [0.25, 0.3) is 0 Å². The molecule has 0 aliphatic heterocycles. The quantitative estimate of drug-likeness (QED) is 0.313. The van der Waals surface area contributed by atoms with Crippen molar-refractivity contribution in [1.82, 2.24) is 10.2 Å². The molecule has 208 valence electrons. The molecule has 0 aliphatic rings. The van der Waals surface area contributed by atoms with Crippen LogP contribution in [0.3, 0.4) is 0 Å². The molecule has 0 bridgehead atoms. The Morgan fingerprint density at radius 1 is 0.949 bits per heavy atom. The van der Waals surface area contributed by atoms with Crippen molar-refractivity contribution in [2.45, 2.75) is 38.8 Å². The fourth-order valence-corrected chi connectivity index (χ4v) is 5.68. The first-order chi connectivity index (χ1) is 18.5. The van der Waals surface area contributed by atoms with E-state index in [1.165, 1.54) is 12.1 Å². The summed E-state index contributed by atoms with van der Waals surface area (Å²) in [6.07, 6.45) is 1.66. The van der Waals surface area contributed by atoms with Crippen LogP contribution in [-0.4, -0.2) is 51.0 Å². The van der Waals surface area contributed by atoms with Gasteiger partial charge in [-0.15, -0.1) is 0 Å². The van der Waals surface area contributed by atoms with Gasteiger partial charge in [0.05, 0.1) is 17.0 Å². The summed E-state index contributed by atoms with van der Waals surface area (Å²) >= 11 is 12.4. The van der Waals surface area contributed by atoms with E-state index in [-0.39, 0.29) is 48.5 Å². The number of nitrogens with zero attached hydrogens (tertiary/aromatic N) is 2. The molecule has 3 rings (SSSR count). The molecule has 0 heterocycles. The van der Waals surface area contributed by atoms with Gasteiger partial charge in [0.2, 0.25) is 21.8 Å². The van der Waals surface area contributed by atoms with E-state index in [2.05, 4.69) is 5.32 Å². The summed E-state index contributed by atoms with van der Waals surface area (Å²) in [7, 11) is -2.15. The van der Waals surface area contributed by atoms with E-state index in [4.69, 9.17) is 23.2 Å². The normalized spacial score (nSPS) is 12.0. The highest BCUT2D eigenvalue weighted by Gasteiger charge is 2.30. The maximum absolute atomic E-state index is 13.7. The van der Waals surface area contributed by atoms with E-state index in [1.54, 1.807) is 18.0 Å². The van der Waals surface area contributed by atoms with E-state index in [1.807, 2.05) is 61.5 Å². The van der Waals surface area contributed by atoms with Crippen LogP contribution in [0.5, 0.6) is 0 Å². The number of rotatable bonds is 12. The molecule has 1 unspecified atom stereocenters. The largest absolute Gasteiger partial charge is 0.357 e. The molecule has 0 spiro atoms. The van der Waals surface area contributed by atoms with E-state index < -0.39 is 16.1 Å². The number of halogens is 2. The molecule has 10 heteroatoms. The fourth-order valence-electron chi connectivity index (χ4n) is 4.27. The van der Waals surface area contributed by atoms with Crippen molar-refractivity contribution in [2.75, 3.05) is 24.2 Å². The summed E-state index contributed by atoms with van der Waals surface area (Å²) in [6.45, 7) is 2.24. The summed E-state index contributed by atoms with van der Waals surface area (Å²) in [5.74, 6) is -0.534. The standard InChI is InChI=1S/C29H33Cl2N3O4S/c1-21-11-13-23(14-12-21)20-33(27(29(36)32-2)18-22-8-5-4-6-9-22)28(35)10-7-17-34(39(3,37)38)26-19-24(30)15-16-25(26)31/h4-6,8-9,11-16,19,27H,7,10,17-18,20H2,1-3H3,(H,32,36). The van der Waals surface area contributed by atoms with Crippen LogP contribution in [0.1, 0.15) is 29.5 Å². The molecule has 3 aromatic rings. The number of carbonyl (C=O) groups excluding carboxylic acids is 2. The number of anilines is 1. The number of carbonyl (C=O) groups is 2. The minimum absolute atomic E-state index is 0.0202. The monoisotopic (exact) mass is 589 g/mol. The molecule has 0 saturated heterocycles. The topological polar surface area (TPSA) is 86.8 Å². The van der Waals surface area contributed by atoms with Crippen LogP contribution < -0.4 is 9.62 Å². The molecule has 0 aromatic heterocycles. The molecule has 0 fully saturated rings. The van der Waals surface area contributed by atoms with E-state index in [0.717, 1.165) is 27.3 Å². The number of hydrogen-bond donors (Lipinski definition) is 1. The Labute approximate surface area is 240 Å². The predicted molar refractivity (Wildman–Crippen MR) is 158 cm³/mol. The summed E-state index contributed by atoms with van der Waals surface area (Å²) in [4.78, 5) is 28.3. The lowest BCUT2D eigenvalue weighted by molar-refractivity contribution is -0.141. The zero-order valence-corrected chi connectivity index (χ0v) is 24.6. The van der Waals surface area contributed by atoms with Crippen molar-refractivity contribution in [3.8, 4) is 0 Å². The van der Waals surface area contributed by atoms with Crippen molar-refractivity contribution in [2.24, 2.45) is 0 Å². The molecule has 0 radical (unpaired) electrons. The lowest BCUT2D eigenvalue weighted by Gasteiger charge is -2.31. The van der Waals surface area contributed by atoms with Gasteiger partial charge in [0.15, 0.2) is 0 Å². The lowest BCUT2D eigenvalue weighted by Crippen LogP contribution is -2.49. The molecule has 39 heavy (non-hydrogen) atoms. The smallest absolute Gasteiger partial charge is 0.242 e. The third kappa shape index (κ3) is 8.71. The maximum atomic E-state index is 13.7. The zero-order valence-electron chi connectivity index (χ0n) is 22.2. The molecule has 0 aliphatic carbocycles. The van der Waals surface area contributed by atoms with E-state index >= 15 is 0 Å². The van der Waals surface area contributed by atoms with Gasteiger partial charge in [0.1, 0.15) is 6.04 Å². The third-order valence-corrected chi connectivity index (χ3v) is 8.05. The Morgan fingerprint density at radius 2 is 1.62 bits per heavy atom. The highest BCUT2D eigenvalue weighted by molar-refractivity contribution is 7.92. The van der Waals surface area contributed by atoms with Crippen LogP contribution in [0.25, 0.3) is 0 Å². The zero-order chi connectivity index (χ0) is 28.6. The Hall–Kier alpha value is -3.07. The number of hydrogen-bond acceptors (Lipinski definition) is 4. The number of sulfonamides is 1. The SMILES string of the molecule is CNC(=O)C(Cc1ccccc1)N(Cc1ccc(C)cc1)C(=O)CCCN(c1cc(Cl)ccc1Cl)S(C)(=O)=O. The minimum Gasteiger partial charge on any atom is -0.357 e. The lowest BCUT2D eigenvalue weighted by atomic mass is 10.0. The molecular weight excluding hydrogens is 557 g/mol. The Balaban J connectivity index is 1.86. The summed E-state index contributed by atoms with van der Waals surface area (Å²) in [5.41, 5.74) is 3.15. The van der Waals surface area contributed by atoms with Gasteiger partial charge in [-0.1, -0.05) is 83.4 Å². The van der Waals surface area contributed by atoms with Crippen LogP contribution in [0.2, 0.25) is 10.0 Å². The average Bonchev–Trinajstić information content (AvgIpc) is 2.90. The van der Waals surface area contributed by atoms with Crippen LogP contribution in [0.4, 0.5) is 5.69 Å². The molecular formula is C29H33Cl2N3O4S. The highest BCUT2D eigenvalue weighted by atomic mass is 35.5. The minimum atomic E-state index is -3.70. The van der Waals surface area contributed by atoms with Crippen molar-refractivity contribution in [1.29, 1.82) is 0 Å². The van der Waals surface area contributed by atoms with Crippen LogP contribution >= 0.6 is 23.2 Å².